The molecule has 1 aliphatic heterocycles. The topological polar surface area (TPSA) is 32.8 Å². The SMILES string of the molecule is [CH2]CN1CCC[C@@H](CCN(C)C(=O)OC(C)(C)C)C1. The fourth-order valence-electron chi connectivity index (χ4n) is 2.40. The summed E-state index contributed by atoms with van der Waals surface area (Å²) >= 11 is 0. The van der Waals surface area contributed by atoms with Crippen LogP contribution >= 0.6 is 0 Å². The molecule has 0 bridgehead atoms. The third-order valence-electron chi connectivity index (χ3n) is 3.50. The average molecular weight is 269 g/mol. The summed E-state index contributed by atoms with van der Waals surface area (Å²) in [7, 11) is 1.82. The van der Waals surface area contributed by atoms with Crippen LogP contribution in [-0.2, 0) is 4.74 Å². The van der Waals surface area contributed by atoms with Crippen molar-refractivity contribution in [2.75, 3.05) is 33.2 Å². The number of ether oxygens (including phenoxy) is 1. The van der Waals surface area contributed by atoms with Crippen LogP contribution < -0.4 is 0 Å². The molecule has 1 amide bonds. The van der Waals surface area contributed by atoms with Crippen molar-refractivity contribution in [1.29, 1.82) is 0 Å². The van der Waals surface area contributed by atoms with Crippen LogP contribution in [0.4, 0.5) is 4.79 Å². The summed E-state index contributed by atoms with van der Waals surface area (Å²) < 4.78 is 5.35. The van der Waals surface area contributed by atoms with E-state index in [1.165, 1.54) is 19.4 Å². The van der Waals surface area contributed by atoms with Gasteiger partial charge < -0.3 is 14.5 Å². The molecule has 1 saturated heterocycles. The first-order chi connectivity index (χ1) is 8.81. The number of hydrogen-bond donors (Lipinski definition) is 0. The van der Waals surface area contributed by atoms with E-state index in [0.717, 1.165) is 26.1 Å². The Labute approximate surface area is 118 Å². The lowest BCUT2D eigenvalue weighted by atomic mass is 9.95. The Hall–Kier alpha value is -0.770. The van der Waals surface area contributed by atoms with Crippen molar-refractivity contribution >= 4 is 6.09 Å². The van der Waals surface area contributed by atoms with Crippen molar-refractivity contribution < 1.29 is 9.53 Å². The van der Waals surface area contributed by atoms with Crippen LogP contribution in [0.5, 0.6) is 0 Å². The average Bonchev–Trinajstić information content (AvgIpc) is 2.34. The van der Waals surface area contributed by atoms with E-state index in [4.69, 9.17) is 4.74 Å². The van der Waals surface area contributed by atoms with Crippen LogP contribution in [0.25, 0.3) is 0 Å². The van der Waals surface area contributed by atoms with Gasteiger partial charge in [-0.15, -0.1) is 0 Å². The summed E-state index contributed by atoms with van der Waals surface area (Å²) in [6.07, 6.45) is 3.33. The minimum atomic E-state index is -0.416. The number of hydrogen-bond acceptors (Lipinski definition) is 3. The van der Waals surface area contributed by atoms with Gasteiger partial charge in [-0.05, 0) is 66.0 Å². The fraction of sp³-hybridized carbons (Fsp3) is 0.867. The molecule has 19 heavy (non-hydrogen) atoms. The molecule has 1 aliphatic rings. The van der Waals surface area contributed by atoms with Gasteiger partial charge in [0.25, 0.3) is 0 Å². The first-order valence-electron chi connectivity index (χ1n) is 7.27. The summed E-state index contributed by atoms with van der Waals surface area (Å²) in [5.41, 5.74) is -0.416. The highest BCUT2D eigenvalue weighted by Crippen LogP contribution is 2.19. The molecule has 0 saturated carbocycles. The number of piperidine rings is 1. The number of rotatable bonds is 4. The first kappa shape index (κ1) is 16.3. The number of nitrogens with zero attached hydrogens (tertiary/aromatic N) is 2. The van der Waals surface area contributed by atoms with Gasteiger partial charge in [0.05, 0.1) is 0 Å². The predicted molar refractivity (Wildman–Crippen MR) is 78.0 cm³/mol. The van der Waals surface area contributed by atoms with Crippen LogP contribution in [0.2, 0.25) is 0 Å². The molecule has 0 aromatic heterocycles. The largest absolute Gasteiger partial charge is 0.444 e. The maximum atomic E-state index is 11.8. The Kier molecular flexibility index (Phi) is 6.11. The van der Waals surface area contributed by atoms with E-state index in [0.29, 0.717) is 5.92 Å². The molecule has 1 rings (SSSR count). The molecule has 111 valence electrons. The second-order valence-corrected chi connectivity index (χ2v) is 6.50. The van der Waals surface area contributed by atoms with Gasteiger partial charge in [0.2, 0.25) is 0 Å². The van der Waals surface area contributed by atoms with Crippen LogP contribution in [-0.4, -0.2) is 54.7 Å². The third-order valence-corrected chi connectivity index (χ3v) is 3.50. The molecule has 4 nitrogen and oxygen atoms in total. The highest BCUT2D eigenvalue weighted by atomic mass is 16.6. The molecule has 4 heteroatoms. The van der Waals surface area contributed by atoms with Gasteiger partial charge in [0, 0.05) is 20.1 Å². The maximum Gasteiger partial charge on any atom is 0.410 e. The normalized spacial score (nSPS) is 21.2. The van der Waals surface area contributed by atoms with E-state index in [1.807, 2.05) is 27.8 Å². The summed E-state index contributed by atoms with van der Waals surface area (Å²) in [6.45, 7) is 13.6. The van der Waals surface area contributed by atoms with Crippen molar-refractivity contribution in [3.8, 4) is 0 Å². The zero-order chi connectivity index (χ0) is 14.5. The Morgan fingerprint density at radius 3 is 2.74 bits per heavy atom. The zero-order valence-corrected chi connectivity index (χ0v) is 12.9. The summed E-state index contributed by atoms with van der Waals surface area (Å²) in [6, 6.07) is 0. The number of amides is 1. The van der Waals surface area contributed by atoms with E-state index in [9.17, 15) is 4.79 Å². The minimum absolute atomic E-state index is 0.225. The smallest absolute Gasteiger partial charge is 0.410 e. The van der Waals surface area contributed by atoms with Crippen molar-refractivity contribution in [1.82, 2.24) is 9.80 Å². The van der Waals surface area contributed by atoms with E-state index >= 15 is 0 Å². The van der Waals surface area contributed by atoms with Gasteiger partial charge in [-0.25, -0.2) is 4.79 Å². The highest BCUT2D eigenvalue weighted by Gasteiger charge is 2.22. The third kappa shape index (κ3) is 6.28. The number of carbonyl (C=O) groups is 1. The van der Waals surface area contributed by atoms with Crippen molar-refractivity contribution in [2.24, 2.45) is 5.92 Å². The van der Waals surface area contributed by atoms with Crippen molar-refractivity contribution in [3.05, 3.63) is 6.92 Å². The van der Waals surface area contributed by atoms with Crippen molar-refractivity contribution in [3.63, 3.8) is 0 Å². The van der Waals surface area contributed by atoms with Gasteiger partial charge in [-0.3, -0.25) is 0 Å². The minimum Gasteiger partial charge on any atom is -0.444 e. The Balaban J connectivity index is 2.29. The van der Waals surface area contributed by atoms with Crippen LogP contribution in [0.1, 0.15) is 40.0 Å². The molecular formula is C15H29N2O2. The Morgan fingerprint density at radius 2 is 2.16 bits per heavy atom. The summed E-state index contributed by atoms with van der Waals surface area (Å²) in [5.74, 6) is 0.681. The second-order valence-electron chi connectivity index (χ2n) is 6.50. The summed E-state index contributed by atoms with van der Waals surface area (Å²) in [5, 5.41) is 0. The van der Waals surface area contributed by atoms with Gasteiger partial charge in [-0.1, -0.05) is 0 Å². The summed E-state index contributed by atoms with van der Waals surface area (Å²) in [4.78, 5) is 15.9. The second kappa shape index (κ2) is 7.13. The molecule has 0 aliphatic carbocycles. The van der Waals surface area contributed by atoms with E-state index < -0.39 is 5.60 Å². The molecule has 1 fully saturated rings. The van der Waals surface area contributed by atoms with E-state index in [1.54, 1.807) is 4.90 Å². The van der Waals surface area contributed by atoms with E-state index in [-0.39, 0.29) is 6.09 Å². The molecular weight excluding hydrogens is 240 g/mol. The zero-order valence-electron chi connectivity index (χ0n) is 12.9. The lowest BCUT2D eigenvalue weighted by Gasteiger charge is -2.33. The van der Waals surface area contributed by atoms with Gasteiger partial charge >= 0.3 is 6.09 Å². The molecule has 1 atom stereocenters. The highest BCUT2D eigenvalue weighted by molar-refractivity contribution is 5.67. The van der Waals surface area contributed by atoms with E-state index in [2.05, 4.69) is 11.8 Å². The lowest BCUT2D eigenvalue weighted by molar-refractivity contribution is 0.0283. The predicted octanol–water partition coefficient (Wildman–Crippen LogP) is 2.79. The van der Waals surface area contributed by atoms with Gasteiger partial charge in [0.15, 0.2) is 0 Å². The first-order valence-corrected chi connectivity index (χ1v) is 7.27. The monoisotopic (exact) mass is 269 g/mol. The standard InChI is InChI=1S/C15H29N2O2/c1-6-17-10-7-8-13(12-17)9-11-16(5)14(18)19-15(2,3)4/h13H,1,6-12H2,2-5H3/t13-/m0/s1. The van der Waals surface area contributed by atoms with Crippen LogP contribution in [0, 0.1) is 12.8 Å². The number of carbonyl (C=O) groups excluding carboxylic acids is 1. The van der Waals surface area contributed by atoms with Crippen LogP contribution in [0.3, 0.4) is 0 Å². The van der Waals surface area contributed by atoms with Gasteiger partial charge in [0.1, 0.15) is 5.60 Å². The van der Waals surface area contributed by atoms with Crippen molar-refractivity contribution in [2.45, 2.75) is 45.6 Å². The molecule has 0 aromatic rings. The fourth-order valence-corrected chi connectivity index (χ4v) is 2.40. The quantitative estimate of drug-likeness (QED) is 0.787. The molecule has 0 N–H and O–H groups in total. The molecule has 1 radical (unpaired) electrons. The molecule has 0 aromatic carbocycles. The van der Waals surface area contributed by atoms with Crippen LogP contribution in [0.15, 0.2) is 0 Å². The Morgan fingerprint density at radius 1 is 1.47 bits per heavy atom. The molecule has 1 heterocycles. The van der Waals surface area contributed by atoms with Gasteiger partial charge in [-0.2, -0.15) is 0 Å². The number of likely N-dealkylation sites (tertiary alicyclic amines) is 1. The Bertz CT molecular complexity index is 286. The molecule has 0 unspecified atom stereocenters. The maximum absolute atomic E-state index is 11.8. The lowest BCUT2D eigenvalue weighted by Crippen LogP contribution is -2.38. The molecule has 0 spiro atoms.